The maximum atomic E-state index is 4.93. The van der Waals surface area contributed by atoms with Gasteiger partial charge in [0.05, 0.1) is 0 Å². The molecule has 0 spiro atoms. The van der Waals surface area contributed by atoms with Gasteiger partial charge in [0.25, 0.3) is 0 Å². The van der Waals surface area contributed by atoms with E-state index in [2.05, 4.69) is 95.6 Å². The third kappa shape index (κ3) is 2.11. The van der Waals surface area contributed by atoms with Gasteiger partial charge in [0, 0.05) is 0 Å². The van der Waals surface area contributed by atoms with E-state index >= 15 is 0 Å². The number of para-hydroxylation sites is 1. The molecule has 0 unspecified atom stereocenters. The number of benzene rings is 4. The summed E-state index contributed by atoms with van der Waals surface area (Å²) < 4.78 is 5.33. The van der Waals surface area contributed by atoms with Crippen molar-refractivity contribution in [1.82, 2.24) is 9.55 Å². The van der Waals surface area contributed by atoms with E-state index in [-0.39, 0.29) is 0 Å². The van der Waals surface area contributed by atoms with Crippen LogP contribution >= 0.6 is 0 Å². The predicted molar refractivity (Wildman–Crippen MR) is 128 cm³/mol. The van der Waals surface area contributed by atoms with Gasteiger partial charge >= 0.3 is 179 Å². The molecule has 3 heterocycles. The van der Waals surface area contributed by atoms with Crippen LogP contribution in [0.2, 0.25) is 0 Å². The molecule has 0 atom stereocenters. The van der Waals surface area contributed by atoms with Gasteiger partial charge in [0.1, 0.15) is 0 Å². The van der Waals surface area contributed by atoms with Crippen LogP contribution in [-0.2, 0) is 0 Å². The molecule has 0 aliphatic heterocycles. The summed E-state index contributed by atoms with van der Waals surface area (Å²) in [6.45, 7) is 0. The number of hydrogen-bond donors (Lipinski definition) is 0. The van der Waals surface area contributed by atoms with E-state index in [1.54, 1.807) is 0 Å². The minimum absolute atomic E-state index is 0.315. The summed E-state index contributed by atoms with van der Waals surface area (Å²) in [5, 5.41) is 6.39. The number of rotatable bonds is 1. The second-order valence-electron chi connectivity index (χ2n) is 7.64. The summed E-state index contributed by atoms with van der Waals surface area (Å²) >= 11 is 0.315. The van der Waals surface area contributed by atoms with Crippen molar-refractivity contribution in [2.24, 2.45) is 0 Å². The maximum absolute atomic E-state index is 4.93. The summed E-state index contributed by atoms with van der Waals surface area (Å²) in [6.07, 6.45) is 1.98. The predicted octanol–water partition coefficient (Wildman–Crippen LogP) is 6.70. The molecule has 3 heteroatoms. The number of pyridine rings is 1. The Morgan fingerprint density at radius 3 is 2.40 bits per heavy atom. The van der Waals surface area contributed by atoms with Gasteiger partial charge in [-0.05, 0) is 0 Å². The molecule has 2 nitrogen and oxygen atoms in total. The van der Waals surface area contributed by atoms with Gasteiger partial charge in [-0.25, -0.2) is 0 Å². The van der Waals surface area contributed by atoms with E-state index in [1.807, 2.05) is 6.20 Å². The second kappa shape index (κ2) is 6.06. The Labute approximate surface area is 178 Å². The number of nitrogens with zero attached hydrogens (tertiary/aromatic N) is 2. The first-order valence-electron chi connectivity index (χ1n) is 10.1. The first-order chi connectivity index (χ1) is 14.9. The van der Waals surface area contributed by atoms with E-state index in [1.165, 1.54) is 52.2 Å². The van der Waals surface area contributed by atoms with Crippen LogP contribution in [0.3, 0.4) is 0 Å². The number of fused-ring (bicyclic) bond motifs is 4. The molecule has 140 valence electrons. The fourth-order valence-electron chi connectivity index (χ4n) is 4.79. The molecular formula is C27H16N2Se. The molecule has 0 aliphatic rings. The zero-order valence-corrected chi connectivity index (χ0v) is 17.8. The van der Waals surface area contributed by atoms with Crippen molar-refractivity contribution >= 4 is 66.5 Å². The van der Waals surface area contributed by atoms with E-state index in [0.29, 0.717) is 14.5 Å². The van der Waals surface area contributed by atoms with Gasteiger partial charge in [0.15, 0.2) is 0 Å². The molecular weight excluding hydrogens is 431 g/mol. The van der Waals surface area contributed by atoms with Crippen LogP contribution in [0.1, 0.15) is 0 Å². The zero-order valence-electron chi connectivity index (χ0n) is 16.0. The molecule has 4 aromatic carbocycles. The molecule has 7 rings (SSSR count). The Hall–Kier alpha value is -3.39. The summed E-state index contributed by atoms with van der Waals surface area (Å²) in [5.74, 6) is 0. The number of hydrogen-bond acceptors (Lipinski definition) is 1. The average molecular weight is 447 g/mol. The Bertz CT molecular complexity index is 1740. The minimum atomic E-state index is 0.315. The Morgan fingerprint density at radius 1 is 0.633 bits per heavy atom. The van der Waals surface area contributed by atoms with Crippen molar-refractivity contribution in [3.63, 3.8) is 0 Å². The molecule has 0 saturated heterocycles. The van der Waals surface area contributed by atoms with Gasteiger partial charge in [-0.1, -0.05) is 0 Å². The molecule has 0 aliphatic carbocycles. The van der Waals surface area contributed by atoms with Gasteiger partial charge < -0.3 is 0 Å². The van der Waals surface area contributed by atoms with Crippen LogP contribution in [-0.4, -0.2) is 24.1 Å². The molecule has 0 bridgehead atoms. The van der Waals surface area contributed by atoms with Crippen LogP contribution < -0.4 is 0 Å². The normalized spacial score (nSPS) is 12.0. The summed E-state index contributed by atoms with van der Waals surface area (Å²) in [4.78, 5) is 4.93. The monoisotopic (exact) mass is 448 g/mol. The summed E-state index contributed by atoms with van der Waals surface area (Å²) in [5.41, 5.74) is 4.76. The quantitative estimate of drug-likeness (QED) is 0.256. The standard InChI is InChI=1S/C27H16N2Se/c1-2-8-18(9-3-1)29-21-11-6-12-22-24(21)25-23(30-22)15-16-28-26(25)20-14-13-17-7-4-5-10-19(17)27(20)29/h1-16H. The van der Waals surface area contributed by atoms with Crippen LogP contribution in [0, 0.1) is 0 Å². The van der Waals surface area contributed by atoms with Crippen molar-refractivity contribution in [1.29, 1.82) is 0 Å². The Kier molecular flexibility index (Phi) is 3.31. The van der Waals surface area contributed by atoms with Crippen molar-refractivity contribution in [2.75, 3.05) is 0 Å². The van der Waals surface area contributed by atoms with Crippen LogP contribution in [0.5, 0.6) is 0 Å². The van der Waals surface area contributed by atoms with Gasteiger partial charge in [-0.15, -0.1) is 0 Å². The van der Waals surface area contributed by atoms with Crippen molar-refractivity contribution in [3.05, 3.63) is 97.2 Å². The zero-order chi connectivity index (χ0) is 19.7. The van der Waals surface area contributed by atoms with Crippen molar-refractivity contribution < 1.29 is 0 Å². The molecule has 3 aromatic heterocycles. The SMILES string of the molecule is c1ccc(-n2c3cccc4[se]c5ccnc(c6ccc7ccccc7c62)c5c43)cc1. The van der Waals surface area contributed by atoms with Crippen molar-refractivity contribution in [3.8, 4) is 5.69 Å². The Morgan fingerprint density at radius 2 is 1.47 bits per heavy atom. The van der Waals surface area contributed by atoms with E-state index in [9.17, 15) is 0 Å². The van der Waals surface area contributed by atoms with Gasteiger partial charge in [0.2, 0.25) is 0 Å². The summed E-state index contributed by atoms with van der Waals surface area (Å²) in [7, 11) is 0. The van der Waals surface area contributed by atoms with Crippen LogP contribution in [0.4, 0.5) is 0 Å². The van der Waals surface area contributed by atoms with Crippen LogP contribution in [0.25, 0.3) is 57.7 Å². The average Bonchev–Trinajstić information content (AvgIpc) is 3.13. The summed E-state index contributed by atoms with van der Waals surface area (Å²) in [6, 6.07) is 32.9. The first-order valence-corrected chi connectivity index (χ1v) is 11.8. The van der Waals surface area contributed by atoms with E-state index in [0.717, 1.165) is 5.52 Å². The molecule has 0 N–H and O–H groups in total. The van der Waals surface area contributed by atoms with Gasteiger partial charge in [-0.3, -0.25) is 0 Å². The molecule has 30 heavy (non-hydrogen) atoms. The fourth-order valence-corrected chi connectivity index (χ4v) is 7.14. The fraction of sp³-hybridized carbons (Fsp3) is 0. The Balaban J connectivity index is 1.94. The van der Waals surface area contributed by atoms with E-state index in [4.69, 9.17) is 4.98 Å². The molecule has 0 saturated carbocycles. The topological polar surface area (TPSA) is 17.8 Å². The molecule has 0 amide bonds. The third-order valence-electron chi connectivity index (χ3n) is 6.02. The first kappa shape index (κ1) is 16.4. The molecule has 0 fully saturated rings. The second-order valence-corrected chi connectivity index (χ2v) is 9.91. The molecule has 0 radical (unpaired) electrons. The van der Waals surface area contributed by atoms with E-state index < -0.39 is 0 Å². The number of aromatic nitrogens is 2. The third-order valence-corrected chi connectivity index (χ3v) is 8.37. The van der Waals surface area contributed by atoms with Gasteiger partial charge in [-0.2, -0.15) is 0 Å². The van der Waals surface area contributed by atoms with Crippen molar-refractivity contribution in [2.45, 2.75) is 0 Å². The molecule has 7 aromatic rings. The van der Waals surface area contributed by atoms with Crippen LogP contribution in [0.15, 0.2) is 97.2 Å².